The second-order valence-electron chi connectivity index (χ2n) is 9.00. The highest BCUT2D eigenvalue weighted by Gasteiger charge is 2.15. The van der Waals surface area contributed by atoms with Crippen molar-refractivity contribution < 1.29 is 14.4 Å². The number of benzene rings is 4. The highest BCUT2D eigenvalue weighted by molar-refractivity contribution is 6.11. The lowest BCUT2D eigenvalue weighted by molar-refractivity contribution is -0.113. The number of nitrogens with one attached hydrogen (secondary N) is 2. The molecule has 194 valence electrons. The first-order valence-electron chi connectivity index (χ1n) is 12.4. The van der Waals surface area contributed by atoms with E-state index < -0.39 is 11.8 Å². The molecule has 4 aromatic carbocycles. The van der Waals surface area contributed by atoms with Crippen molar-refractivity contribution in [1.29, 1.82) is 0 Å². The Morgan fingerprint density at radius 3 is 1.90 bits per heavy atom. The van der Waals surface area contributed by atoms with Gasteiger partial charge in [0.15, 0.2) is 5.78 Å². The SMILES string of the molecule is CN(C)c1ccc(/C=C/C(=O)c2ccc(NC(=O)/C(=C/c3ccccc3)NC(=O)c3ccccc3)cc2)cc1. The Balaban J connectivity index is 1.45. The van der Waals surface area contributed by atoms with Crippen molar-refractivity contribution in [2.75, 3.05) is 24.3 Å². The molecule has 0 heterocycles. The first-order chi connectivity index (χ1) is 18.9. The minimum atomic E-state index is -0.483. The normalized spacial score (nSPS) is 11.2. The molecular formula is C33H29N3O3. The van der Waals surface area contributed by atoms with Crippen LogP contribution in [0.2, 0.25) is 0 Å². The van der Waals surface area contributed by atoms with Crippen molar-refractivity contribution in [1.82, 2.24) is 5.32 Å². The van der Waals surface area contributed by atoms with Crippen LogP contribution in [0.3, 0.4) is 0 Å². The summed E-state index contributed by atoms with van der Waals surface area (Å²) in [6, 6.07) is 32.4. The molecule has 0 aliphatic rings. The summed E-state index contributed by atoms with van der Waals surface area (Å²) in [5.74, 6) is -1.02. The summed E-state index contributed by atoms with van der Waals surface area (Å²) < 4.78 is 0. The van der Waals surface area contributed by atoms with Crippen molar-refractivity contribution in [2.45, 2.75) is 0 Å². The lowest BCUT2D eigenvalue weighted by Gasteiger charge is -2.12. The van der Waals surface area contributed by atoms with Gasteiger partial charge in [0, 0.05) is 36.6 Å². The maximum Gasteiger partial charge on any atom is 0.272 e. The monoisotopic (exact) mass is 515 g/mol. The molecule has 6 heteroatoms. The summed E-state index contributed by atoms with van der Waals surface area (Å²) in [7, 11) is 3.95. The molecule has 0 saturated carbocycles. The molecule has 0 aromatic heterocycles. The molecule has 0 spiro atoms. The maximum absolute atomic E-state index is 13.2. The molecule has 4 aromatic rings. The van der Waals surface area contributed by atoms with Crippen LogP contribution >= 0.6 is 0 Å². The van der Waals surface area contributed by atoms with Crippen molar-refractivity contribution in [3.05, 3.63) is 143 Å². The van der Waals surface area contributed by atoms with Crippen molar-refractivity contribution in [3.8, 4) is 0 Å². The van der Waals surface area contributed by atoms with Gasteiger partial charge in [0.05, 0.1) is 0 Å². The van der Waals surface area contributed by atoms with Crippen LogP contribution in [0.15, 0.2) is 121 Å². The summed E-state index contributed by atoms with van der Waals surface area (Å²) in [5.41, 5.74) is 4.29. The predicted octanol–water partition coefficient (Wildman–Crippen LogP) is 6.06. The van der Waals surface area contributed by atoms with Gasteiger partial charge in [-0.25, -0.2) is 0 Å². The zero-order chi connectivity index (χ0) is 27.6. The molecule has 6 nitrogen and oxygen atoms in total. The van der Waals surface area contributed by atoms with E-state index in [-0.39, 0.29) is 11.5 Å². The number of rotatable bonds is 9. The Bertz CT molecular complexity index is 1490. The van der Waals surface area contributed by atoms with Gasteiger partial charge < -0.3 is 15.5 Å². The second-order valence-corrected chi connectivity index (χ2v) is 9.00. The van der Waals surface area contributed by atoms with E-state index in [0.29, 0.717) is 16.8 Å². The molecule has 2 amide bonds. The smallest absolute Gasteiger partial charge is 0.272 e. The van der Waals surface area contributed by atoms with Gasteiger partial charge in [0.25, 0.3) is 11.8 Å². The van der Waals surface area contributed by atoms with Gasteiger partial charge >= 0.3 is 0 Å². The quantitative estimate of drug-likeness (QED) is 0.210. The Kier molecular flexibility index (Phi) is 8.83. The molecule has 0 saturated heterocycles. The molecule has 0 atom stereocenters. The molecule has 39 heavy (non-hydrogen) atoms. The molecule has 0 unspecified atom stereocenters. The molecule has 2 N–H and O–H groups in total. The third kappa shape index (κ3) is 7.63. The molecule has 0 radical (unpaired) electrons. The highest BCUT2D eigenvalue weighted by Crippen LogP contribution is 2.16. The number of carbonyl (C=O) groups excluding carboxylic acids is 3. The first-order valence-corrected chi connectivity index (χ1v) is 12.4. The summed E-state index contributed by atoms with van der Waals surface area (Å²) in [4.78, 5) is 40.6. The standard InChI is InChI=1S/C33H29N3O3/c1-36(2)29-20-13-24(14-21-29)15-22-31(37)26-16-18-28(19-17-26)34-33(39)30(23-25-9-5-3-6-10-25)35-32(38)27-11-7-4-8-12-27/h3-23H,1-2H3,(H,34,39)(H,35,38)/b22-15+,30-23-. The van der Waals surface area contributed by atoms with Gasteiger partial charge in [-0.1, -0.05) is 66.7 Å². The average Bonchev–Trinajstić information content (AvgIpc) is 2.97. The van der Waals surface area contributed by atoms with Crippen LogP contribution in [0.5, 0.6) is 0 Å². The van der Waals surface area contributed by atoms with Gasteiger partial charge in [0.2, 0.25) is 0 Å². The van der Waals surface area contributed by atoms with Crippen molar-refractivity contribution in [2.24, 2.45) is 0 Å². The maximum atomic E-state index is 13.2. The number of carbonyl (C=O) groups is 3. The second kappa shape index (κ2) is 12.8. The third-order valence-electron chi connectivity index (χ3n) is 5.90. The highest BCUT2D eigenvalue weighted by atomic mass is 16.2. The summed E-state index contributed by atoms with van der Waals surface area (Å²) in [6.45, 7) is 0. The zero-order valence-corrected chi connectivity index (χ0v) is 21.8. The number of allylic oxidation sites excluding steroid dienone is 1. The van der Waals surface area contributed by atoms with Gasteiger partial charge in [-0.15, -0.1) is 0 Å². The van der Waals surface area contributed by atoms with Gasteiger partial charge in [-0.05, 0) is 71.8 Å². The number of nitrogens with zero attached hydrogens (tertiary/aromatic N) is 1. The van der Waals surface area contributed by atoms with Crippen molar-refractivity contribution in [3.63, 3.8) is 0 Å². The Hall–Kier alpha value is -5.23. The number of hydrogen-bond donors (Lipinski definition) is 2. The van der Waals surface area contributed by atoms with Crippen LogP contribution in [-0.4, -0.2) is 31.7 Å². The van der Waals surface area contributed by atoms with Gasteiger partial charge in [0.1, 0.15) is 5.70 Å². The Morgan fingerprint density at radius 1 is 0.667 bits per heavy atom. The zero-order valence-electron chi connectivity index (χ0n) is 21.8. The minimum Gasteiger partial charge on any atom is -0.378 e. The summed E-state index contributed by atoms with van der Waals surface area (Å²) >= 11 is 0. The number of anilines is 2. The van der Waals surface area contributed by atoms with Crippen LogP contribution in [0.25, 0.3) is 12.2 Å². The van der Waals surface area contributed by atoms with E-state index in [1.807, 2.05) is 79.7 Å². The van der Waals surface area contributed by atoms with E-state index in [1.54, 1.807) is 60.7 Å². The molecule has 0 bridgehead atoms. The minimum absolute atomic E-state index is 0.0958. The topological polar surface area (TPSA) is 78.5 Å². The molecule has 0 aliphatic carbocycles. The van der Waals surface area contributed by atoms with Crippen LogP contribution in [0.4, 0.5) is 11.4 Å². The lowest BCUT2D eigenvalue weighted by Crippen LogP contribution is -2.30. The Morgan fingerprint density at radius 2 is 1.28 bits per heavy atom. The van der Waals surface area contributed by atoms with E-state index in [4.69, 9.17) is 0 Å². The first kappa shape index (κ1) is 26.8. The van der Waals surface area contributed by atoms with E-state index >= 15 is 0 Å². The number of ketones is 1. The molecule has 4 rings (SSSR count). The third-order valence-corrected chi connectivity index (χ3v) is 5.90. The van der Waals surface area contributed by atoms with E-state index in [1.165, 1.54) is 6.08 Å². The fourth-order valence-electron chi connectivity index (χ4n) is 3.73. The van der Waals surface area contributed by atoms with Crippen LogP contribution in [0.1, 0.15) is 31.8 Å². The van der Waals surface area contributed by atoms with E-state index in [2.05, 4.69) is 10.6 Å². The molecule has 0 aliphatic heterocycles. The van der Waals surface area contributed by atoms with Crippen LogP contribution in [-0.2, 0) is 4.79 Å². The Labute approximate surface area is 228 Å². The van der Waals surface area contributed by atoms with Gasteiger partial charge in [-0.3, -0.25) is 14.4 Å². The molecular weight excluding hydrogens is 486 g/mol. The van der Waals surface area contributed by atoms with Crippen LogP contribution in [0, 0.1) is 0 Å². The molecule has 0 fully saturated rings. The predicted molar refractivity (Wildman–Crippen MR) is 158 cm³/mol. The lowest BCUT2D eigenvalue weighted by atomic mass is 10.1. The fourth-order valence-corrected chi connectivity index (χ4v) is 3.73. The van der Waals surface area contributed by atoms with E-state index in [9.17, 15) is 14.4 Å². The fraction of sp³-hybridized carbons (Fsp3) is 0.0606. The summed E-state index contributed by atoms with van der Waals surface area (Å²) in [5, 5.41) is 5.52. The average molecular weight is 516 g/mol. The van der Waals surface area contributed by atoms with Crippen molar-refractivity contribution >= 4 is 41.1 Å². The van der Waals surface area contributed by atoms with Gasteiger partial charge in [-0.2, -0.15) is 0 Å². The van der Waals surface area contributed by atoms with E-state index in [0.717, 1.165) is 16.8 Å². The largest absolute Gasteiger partial charge is 0.378 e. The van der Waals surface area contributed by atoms with Crippen LogP contribution < -0.4 is 15.5 Å². The number of hydrogen-bond acceptors (Lipinski definition) is 4. The number of amides is 2. The summed E-state index contributed by atoms with van der Waals surface area (Å²) in [6.07, 6.45) is 4.91.